The van der Waals surface area contributed by atoms with E-state index < -0.39 is 12.1 Å². The molecule has 0 aromatic heterocycles. The second-order valence-corrected chi connectivity index (χ2v) is 21.0. The van der Waals surface area contributed by atoms with Crippen LogP contribution in [0.25, 0.3) is 0 Å². The number of aliphatic hydroxyl groups excluding tert-OH is 2. The van der Waals surface area contributed by atoms with Crippen LogP contribution in [0.1, 0.15) is 341 Å². The number of hydrogen-bond donors (Lipinski definition) is 3. The largest absolute Gasteiger partial charge is 0.466 e. The molecular formula is C61H119NO5. The van der Waals surface area contributed by atoms with Gasteiger partial charge in [0.2, 0.25) is 5.91 Å². The van der Waals surface area contributed by atoms with E-state index >= 15 is 0 Å². The fourth-order valence-electron chi connectivity index (χ4n) is 9.64. The Hall–Kier alpha value is -1.40. The van der Waals surface area contributed by atoms with Gasteiger partial charge in [-0.25, -0.2) is 0 Å². The molecule has 2 unspecified atom stereocenters. The van der Waals surface area contributed by atoms with E-state index in [1.165, 1.54) is 263 Å². The van der Waals surface area contributed by atoms with Gasteiger partial charge in [0.25, 0.3) is 0 Å². The molecule has 6 nitrogen and oxygen atoms in total. The Labute approximate surface area is 419 Å². The molecule has 0 aromatic rings. The molecule has 0 bridgehead atoms. The van der Waals surface area contributed by atoms with E-state index in [1.807, 2.05) is 0 Å². The molecule has 0 aliphatic rings. The first kappa shape index (κ1) is 65.6. The van der Waals surface area contributed by atoms with Crippen LogP contribution in [0, 0.1) is 0 Å². The van der Waals surface area contributed by atoms with Crippen LogP contribution in [0.3, 0.4) is 0 Å². The molecule has 0 heterocycles. The van der Waals surface area contributed by atoms with Gasteiger partial charge in [-0.05, 0) is 51.4 Å². The summed E-state index contributed by atoms with van der Waals surface area (Å²) in [6.07, 6.45) is 67.8. The lowest BCUT2D eigenvalue weighted by Gasteiger charge is -2.22. The van der Waals surface area contributed by atoms with Crippen molar-refractivity contribution in [2.45, 2.75) is 353 Å². The van der Waals surface area contributed by atoms with Gasteiger partial charge in [0, 0.05) is 12.8 Å². The van der Waals surface area contributed by atoms with E-state index in [1.54, 1.807) is 0 Å². The fraction of sp³-hybridized carbons (Fsp3) is 0.934. The maximum atomic E-state index is 12.5. The number of nitrogens with one attached hydrogen (secondary N) is 1. The first-order valence-corrected chi connectivity index (χ1v) is 30.4. The molecule has 3 N–H and O–H groups in total. The number of unbranched alkanes of at least 4 members (excludes halogenated alkanes) is 44. The standard InChI is InChI=1S/C61H119NO5/c1-3-5-7-9-11-13-15-17-19-22-26-29-33-37-41-45-49-53-59(64)58(57-63)62-60(65)54-50-46-42-38-34-30-27-23-20-21-24-28-32-36-40-44-48-52-56-67-61(66)55-51-47-43-39-35-31-25-18-16-14-12-10-8-6-4-2/h18,25,58-59,63-64H,3-17,19-24,26-57H2,1-2H3,(H,62,65)/b25-18-. The lowest BCUT2D eigenvalue weighted by atomic mass is 10.0. The quantitative estimate of drug-likeness (QED) is 0.0321. The van der Waals surface area contributed by atoms with Crippen molar-refractivity contribution in [3.63, 3.8) is 0 Å². The summed E-state index contributed by atoms with van der Waals surface area (Å²) in [4.78, 5) is 24.5. The second-order valence-electron chi connectivity index (χ2n) is 21.0. The molecule has 0 aliphatic carbocycles. The summed E-state index contributed by atoms with van der Waals surface area (Å²) >= 11 is 0. The zero-order valence-corrected chi connectivity index (χ0v) is 45.4. The van der Waals surface area contributed by atoms with Gasteiger partial charge in [-0.3, -0.25) is 9.59 Å². The van der Waals surface area contributed by atoms with Crippen LogP contribution in [0.2, 0.25) is 0 Å². The molecule has 398 valence electrons. The summed E-state index contributed by atoms with van der Waals surface area (Å²) in [5, 5.41) is 23.3. The normalized spacial score (nSPS) is 12.6. The smallest absolute Gasteiger partial charge is 0.305 e. The minimum Gasteiger partial charge on any atom is -0.466 e. The lowest BCUT2D eigenvalue weighted by molar-refractivity contribution is -0.143. The van der Waals surface area contributed by atoms with Crippen molar-refractivity contribution >= 4 is 11.9 Å². The summed E-state index contributed by atoms with van der Waals surface area (Å²) in [5.41, 5.74) is 0. The monoisotopic (exact) mass is 946 g/mol. The number of rotatable bonds is 57. The molecule has 0 aromatic carbocycles. The van der Waals surface area contributed by atoms with Crippen LogP contribution in [0.4, 0.5) is 0 Å². The molecule has 0 spiro atoms. The number of carbonyl (C=O) groups is 2. The Bertz CT molecular complexity index is 1000. The third-order valence-corrected chi connectivity index (χ3v) is 14.3. The number of hydrogen-bond acceptors (Lipinski definition) is 5. The predicted molar refractivity (Wildman–Crippen MR) is 292 cm³/mol. The Balaban J connectivity index is 3.40. The minimum absolute atomic E-state index is 0.000240. The van der Waals surface area contributed by atoms with Crippen molar-refractivity contribution in [1.29, 1.82) is 0 Å². The van der Waals surface area contributed by atoms with Crippen molar-refractivity contribution in [3.05, 3.63) is 12.2 Å². The van der Waals surface area contributed by atoms with Gasteiger partial charge in [0.05, 0.1) is 25.4 Å². The van der Waals surface area contributed by atoms with Crippen molar-refractivity contribution < 1.29 is 24.5 Å². The Morgan fingerprint density at radius 1 is 0.403 bits per heavy atom. The van der Waals surface area contributed by atoms with Crippen molar-refractivity contribution in [1.82, 2.24) is 5.32 Å². The molecular weight excluding hydrogens is 827 g/mol. The van der Waals surface area contributed by atoms with Crippen molar-refractivity contribution in [2.24, 2.45) is 0 Å². The highest BCUT2D eigenvalue weighted by Crippen LogP contribution is 2.18. The van der Waals surface area contributed by atoms with Gasteiger partial charge >= 0.3 is 5.97 Å². The Morgan fingerprint density at radius 2 is 0.701 bits per heavy atom. The third-order valence-electron chi connectivity index (χ3n) is 14.3. The Kier molecular flexibility index (Phi) is 56.0. The van der Waals surface area contributed by atoms with Crippen molar-refractivity contribution in [3.8, 4) is 0 Å². The summed E-state index contributed by atoms with van der Waals surface area (Å²) < 4.78 is 5.48. The highest BCUT2D eigenvalue weighted by atomic mass is 16.5. The van der Waals surface area contributed by atoms with E-state index in [9.17, 15) is 19.8 Å². The number of ether oxygens (including phenoxy) is 1. The number of allylic oxidation sites excluding steroid dienone is 2. The molecule has 0 saturated heterocycles. The van der Waals surface area contributed by atoms with Crippen molar-refractivity contribution in [2.75, 3.05) is 13.2 Å². The van der Waals surface area contributed by atoms with E-state index in [0.717, 1.165) is 44.9 Å². The number of esters is 1. The zero-order chi connectivity index (χ0) is 48.6. The van der Waals surface area contributed by atoms with Gasteiger partial charge < -0.3 is 20.3 Å². The third kappa shape index (κ3) is 53.8. The SMILES string of the molecule is CCCCCCCC/C=C\CCCCCCCC(=O)OCCCCCCCCCCCCCCCCCCCCC(=O)NC(CO)C(O)CCCCCCCCCCCCCCCCCCC. The van der Waals surface area contributed by atoms with Crippen LogP contribution < -0.4 is 5.32 Å². The molecule has 0 aliphatic heterocycles. The van der Waals surface area contributed by atoms with Gasteiger partial charge in [-0.15, -0.1) is 0 Å². The second kappa shape index (κ2) is 57.2. The predicted octanol–water partition coefficient (Wildman–Crippen LogP) is 18.9. The molecule has 1 amide bonds. The van der Waals surface area contributed by atoms with Crippen LogP contribution >= 0.6 is 0 Å². The topological polar surface area (TPSA) is 95.9 Å². The van der Waals surface area contributed by atoms with Crippen LogP contribution in [-0.4, -0.2) is 47.4 Å². The highest BCUT2D eigenvalue weighted by Gasteiger charge is 2.20. The van der Waals surface area contributed by atoms with Crippen LogP contribution in [0.5, 0.6) is 0 Å². The van der Waals surface area contributed by atoms with Gasteiger partial charge in [0.1, 0.15) is 0 Å². The maximum absolute atomic E-state index is 12.5. The van der Waals surface area contributed by atoms with E-state index in [4.69, 9.17) is 4.74 Å². The summed E-state index contributed by atoms with van der Waals surface area (Å²) in [7, 11) is 0. The number of aliphatic hydroxyl groups is 2. The number of amides is 1. The highest BCUT2D eigenvalue weighted by molar-refractivity contribution is 5.76. The summed E-state index contributed by atoms with van der Waals surface area (Å²) in [5.74, 6) is -0.0359. The molecule has 0 rings (SSSR count). The zero-order valence-electron chi connectivity index (χ0n) is 45.4. The first-order chi connectivity index (χ1) is 33.0. The molecule has 0 radical (unpaired) electrons. The van der Waals surface area contributed by atoms with Crippen LogP contribution in [0.15, 0.2) is 12.2 Å². The van der Waals surface area contributed by atoms with Gasteiger partial charge in [-0.2, -0.15) is 0 Å². The van der Waals surface area contributed by atoms with Crippen LogP contribution in [-0.2, 0) is 14.3 Å². The lowest BCUT2D eigenvalue weighted by Crippen LogP contribution is -2.45. The average molecular weight is 947 g/mol. The maximum Gasteiger partial charge on any atom is 0.305 e. The summed E-state index contributed by atoms with van der Waals surface area (Å²) in [6.45, 7) is 4.96. The molecule has 0 saturated carbocycles. The van der Waals surface area contributed by atoms with E-state index in [2.05, 4.69) is 31.3 Å². The molecule has 67 heavy (non-hydrogen) atoms. The summed E-state index contributed by atoms with van der Waals surface area (Å²) in [6, 6.07) is -0.544. The fourth-order valence-corrected chi connectivity index (χ4v) is 9.64. The average Bonchev–Trinajstić information content (AvgIpc) is 3.33. The Morgan fingerprint density at radius 3 is 1.06 bits per heavy atom. The molecule has 2 atom stereocenters. The molecule has 6 heteroatoms. The van der Waals surface area contributed by atoms with E-state index in [-0.39, 0.29) is 18.5 Å². The first-order valence-electron chi connectivity index (χ1n) is 30.4. The molecule has 0 fully saturated rings. The van der Waals surface area contributed by atoms with Gasteiger partial charge in [0.15, 0.2) is 0 Å². The van der Waals surface area contributed by atoms with Gasteiger partial charge in [-0.1, -0.05) is 289 Å². The van der Waals surface area contributed by atoms with E-state index in [0.29, 0.717) is 25.9 Å². The minimum atomic E-state index is -0.667. The number of carbonyl (C=O) groups excluding carboxylic acids is 2.